The molecule has 2 nitrogen and oxygen atoms in total. The molecule has 20 heavy (non-hydrogen) atoms. The highest BCUT2D eigenvalue weighted by Gasteiger charge is 2.20. The van der Waals surface area contributed by atoms with Gasteiger partial charge in [-0.3, -0.25) is 0 Å². The second kappa shape index (κ2) is 6.42. The topological polar surface area (TPSA) is 21.3 Å². The van der Waals surface area contributed by atoms with Gasteiger partial charge in [-0.1, -0.05) is 24.3 Å². The molecular formula is C17H21NOS. The molecule has 0 fully saturated rings. The molecule has 3 rings (SSSR count). The van der Waals surface area contributed by atoms with Gasteiger partial charge < -0.3 is 10.1 Å². The fraction of sp³-hybridized carbons (Fsp3) is 0.412. The summed E-state index contributed by atoms with van der Waals surface area (Å²) in [5, 5.41) is 5.61. The molecule has 1 aliphatic heterocycles. The van der Waals surface area contributed by atoms with E-state index in [9.17, 15) is 0 Å². The Bertz CT molecular complexity index is 550. The molecule has 1 aromatic heterocycles. The van der Waals surface area contributed by atoms with Crippen LogP contribution >= 0.6 is 11.3 Å². The lowest BCUT2D eigenvalue weighted by molar-refractivity contribution is 0.347. The molecule has 0 bridgehead atoms. The van der Waals surface area contributed by atoms with Crippen molar-refractivity contribution in [2.45, 2.75) is 31.7 Å². The van der Waals surface area contributed by atoms with E-state index in [1.165, 1.54) is 28.8 Å². The zero-order valence-electron chi connectivity index (χ0n) is 11.9. The average molecular weight is 287 g/mol. The lowest BCUT2D eigenvalue weighted by atomic mass is 9.97. The Kier molecular flexibility index (Phi) is 4.38. The number of aryl methyl sites for hydroxylation is 1. The standard InChI is InChI=1S/C17H21NOS/c1-18-16(9-3-6-14-7-4-12-20-14)15-8-2-5-13-10-11-19-17(13)15/h2,4-5,7-8,12,16,18H,3,6,9-11H2,1H3. The maximum atomic E-state index is 5.83. The Balaban J connectivity index is 1.66. The van der Waals surface area contributed by atoms with Gasteiger partial charge in [-0.05, 0) is 43.3 Å². The van der Waals surface area contributed by atoms with Gasteiger partial charge in [0.05, 0.1) is 6.61 Å². The monoisotopic (exact) mass is 287 g/mol. The number of benzene rings is 1. The van der Waals surface area contributed by atoms with Gasteiger partial charge in [0.25, 0.3) is 0 Å². The van der Waals surface area contributed by atoms with Gasteiger partial charge in [-0.2, -0.15) is 0 Å². The molecular weight excluding hydrogens is 266 g/mol. The number of nitrogens with one attached hydrogen (secondary N) is 1. The van der Waals surface area contributed by atoms with Crippen LogP contribution in [0.25, 0.3) is 0 Å². The van der Waals surface area contributed by atoms with Crippen LogP contribution in [0.1, 0.15) is 34.9 Å². The van der Waals surface area contributed by atoms with Gasteiger partial charge in [0.2, 0.25) is 0 Å². The molecule has 1 N–H and O–H groups in total. The van der Waals surface area contributed by atoms with E-state index >= 15 is 0 Å². The molecule has 0 aliphatic carbocycles. The SMILES string of the molecule is CNC(CCCc1cccs1)c1cccc2c1OCC2. The summed E-state index contributed by atoms with van der Waals surface area (Å²) in [5.74, 6) is 1.13. The van der Waals surface area contributed by atoms with Crippen LogP contribution in [0.3, 0.4) is 0 Å². The quantitative estimate of drug-likeness (QED) is 0.868. The van der Waals surface area contributed by atoms with Crippen LogP contribution in [-0.4, -0.2) is 13.7 Å². The first-order valence-electron chi connectivity index (χ1n) is 7.32. The molecule has 2 aromatic rings. The number of hydrogen-bond acceptors (Lipinski definition) is 3. The second-order valence-electron chi connectivity index (χ2n) is 5.25. The van der Waals surface area contributed by atoms with Crippen molar-refractivity contribution in [2.75, 3.05) is 13.7 Å². The van der Waals surface area contributed by atoms with Gasteiger partial charge in [0.1, 0.15) is 5.75 Å². The van der Waals surface area contributed by atoms with Gasteiger partial charge in [-0.25, -0.2) is 0 Å². The number of ether oxygens (including phenoxy) is 1. The Hall–Kier alpha value is -1.32. The van der Waals surface area contributed by atoms with Crippen molar-refractivity contribution in [3.8, 4) is 5.75 Å². The van der Waals surface area contributed by atoms with Crippen LogP contribution in [0.15, 0.2) is 35.7 Å². The van der Waals surface area contributed by atoms with Crippen molar-refractivity contribution in [3.63, 3.8) is 0 Å². The summed E-state index contributed by atoms with van der Waals surface area (Å²) in [5.41, 5.74) is 2.69. The molecule has 0 amide bonds. The first-order chi connectivity index (χ1) is 9.88. The molecule has 1 unspecified atom stereocenters. The molecule has 0 spiro atoms. The molecule has 0 saturated carbocycles. The first kappa shape index (κ1) is 13.7. The van der Waals surface area contributed by atoms with Gasteiger partial charge >= 0.3 is 0 Å². The number of fused-ring (bicyclic) bond motifs is 1. The highest BCUT2D eigenvalue weighted by molar-refractivity contribution is 7.09. The van der Waals surface area contributed by atoms with Crippen molar-refractivity contribution >= 4 is 11.3 Å². The van der Waals surface area contributed by atoms with Crippen molar-refractivity contribution in [1.82, 2.24) is 5.32 Å². The normalized spacial score (nSPS) is 14.8. The van der Waals surface area contributed by atoms with Crippen molar-refractivity contribution in [3.05, 3.63) is 51.7 Å². The van der Waals surface area contributed by atoms with Crippen LogP contribution in [-0.2, 0) is 12.8 Å². The van der Waals surface area contributed by atoms with E-state index in [1.54, 1.807) is 0 Å². The van der Waals surface area contributed by atoms with Crippen LogP contribution in [0.4, 0.5) is 0 Å². The molecule has 3 heteroatoms. The van der Waals surface area contributed by atoms with Crippen molar-refractivity contribution in [1.29, 1.82) is 0 Å². The molecule has 1 atom stereocenters. The van der Waals surface area contributed by atoms with E-state index in [0.717, 1.165) is 25.2 Å². The minimum Gasteiger partial charge on any atom is -0.493 e. The van der Waals surface area contributed by atoms with E-state index in [1.807, 2.05) is 18.4 Å². The van der Waals surface area contributed by atoms with Gasteiger partial charge in [-0.15, -0.1) is 11.3 Å². The third kappa shape index (κ3) is 2.89. The lowest BCUT2D eigenvalue weighted by Crippen LogP contribution is -2.17. The molecule has 0 saturated heterocycles. The Morgan fingerprint density at radius 1 is 1.30 bits per heavy atom. The number of para-hydroxylation sites is 1. The predicted molar refractivity (Wildman–Crippen MR) is 84.7 cm³/mol. The summed E-state index contributed by atoms with van der Waals surface area (Å²) in [7, 11) is 2.05. The fourth-order valence-electron chi connectivity index (χ4n) is 2.91. The summed E-state index contributed by atoms with van der Waals surface area (Å²) in [6.07, 6.45) is 4.57. The van der Waals surface area contributed by atoms with Crippen LogP contribution in [0.5, 0.6) is 5.75 Å². The van der Waals surface area contributed by atoms with Crippen LogP contribution < -0.4 is 10.1 Å². The smallest absolute Gasteiger partial charge is 0.127 e. The minimum absolute atomic E-state index is 0.392. The zero-order valence-corrected chi connectivity index (χ0v) is 12.7. The van der Waals surface area contributed by atoms with E-state index in [4.69, 9.17) is 4.74 Å². The van der Waals surface area contributed by atoms with E-state index < -0.39 is 0 Å². The Labute approximate surface area is 124 Å². The Morgan fingerprint density at radius 3 is 3.05 bits per heavy atom. The van der Waals surface area contributed by atoms with Gasteiger partial charge in [0.15, 0.2) is 0 Å². The zero-order chi connectivity index (χ0) is 13.8. The predicted octanol–water partition coefficient (Wildman–Crippen LogP) is 3.97. The molecule has 106 valence electrons. The summed E-state index contributed by atoms with van der Waals surface area (Å²) in [4.78, 5) is 1.48. The third-order valence-corrected chi connectivity index (χ3v) is 4.90. The molecule has 0 radical (unpaired) electrons. The molecule has 2 heterocycles. The van der Waals surface area contributed by atoms with Crippen LogP contribution in [0, 0.1) is 0 Å². The van der Waals surface area contributed by atoms with Gasteiger partial charge in [0, 0.05) is 22.9 Å². The summed E-state index contributed by atoms with van der Waals surface area (Å²) < 4.78 is 5.83. The highest BCUT2D eigenvalue weighted by Crippen LogP contribution is 2.35. The van der Waals surface area contributed by atoms with Crippen LogP contribution in [0.2, 0.25) is 0 Å². The van der Waals surface area contributed by atoms with Crippen molar-refractivity contribution in [2.24, 2.45) is 0 Å². The average Bonchev–Trinajstić information content (AvgIpc) is 3.14. The minimum atomic E-state index is 0.392. The maximum Gasteiger partial charge on any atom is 0.127 e. The summed E-state index contributed by atoms with van der Waals surface area (Å²) in [6, 6.07) is 11.3. The van der Waals surface area contributed by atoms with E-state index in [2.05, 4.69) is 41.0 Å². The number of thiophene rings is 1. The van der Waals surface area contributed by atoms with E-state index in [-0.39, 0.29) is 0 Å². The third-order valence-electron chi connectivity index (χ3n) is 3.96. The lowest BCUT2D eigenvalue weighted by Gasteiger charge is -2.19. The largest absolute Gasteiger partial charge is 0.493 e. The number of hydrogen-bond donors (Lipinski definition) is 1. The fourth-order valence-corrected chi connectivity index (χ4v) is 3.66. The summed E-state index contributed by atoms with van der Waals surface area (Å²) in [6.45, 7) is 0.831. The second-order valence-corrected chi connectivity index (χ2v) is 6.28. The highest BCUT2D eigenvalue weighted by atomic mass is 32.1. The first-order valence-corrected chi connectivity index (χ1v) is 8.20. The van der Waals surface area contributed by atoms with E-state index in [0.29, 0.717) is 6.04 Å². The molecule has 1 aliphatic rings. The van der Waals surface area contributed by atoms with Crippen molar-refractivity contribution < 1.29 is 4.74 Å². The summed E-state index contributed by atoms with van der Waals surface area (Å²) >= 11 is 1.85. The Morgan fingerprint density at radius 2 is 2.25 bits per heavy atom. The number of rotatable bonds is 6. The molecule has 1 aromatic carbocycles. The maximum absolute atomic E-state index is 5.83.